The zero-order valence-electron chi connectivity index (χ0n) is 25.0. The van der Waals surface area contributed by atoms with Crippen LogP contribution in [0.5, 0.6) is 0 Å². The van der Waals surface area contributed by atoms with Crippen LogP contribution in [0.2, 0.25) is 0 Å². The lowest BCUT2D eigenvalue weighted by Gasteiger charge is -2.24. The predicted molar refractivity (Wildman–Crippen MR) is 163 cm³/mol. The van der Waals surface area contributed by atoms with Crippen molar-refractivity contribution in [2.24, 2.45) is 22.3 Å². The molecule has 0 aliphatic rings. The summed E-state index contributed by atoms with van der Waals surface area (Å²) in [5, 5.41) is 0. The molecule has 2 heteroatoms. The maximum Gasteiger partial charge on any atom is -0.00771 e. The molecule has 4 N–H and O–H groups in total. The molecule has 1 aromatic carbocycles. The minimum absolute atomic E-state index is 0.480. The second-order valence-electron chi connectivity index (χ2n) is 13.2. The van der Waals surface area contributed by atoms with Crippen LogP contribution in [0.4, 0.5) is 0 Å². The van der Waals surface area contributed by atoms with Gasteiger partial charge >= 0.3 is 0 Å². The molecule has 0 aromatic heterocycles. The van der Waals surface area contributed by atoms with E-state index < -0.39 is 0 Å². The van der Waals surface area contributed by atoms with E-state index >= 15 is 0 Å². The molecule has 0 saturated carbocycles. The van der Waals surface area contributed by atoms with E-state index in [1.54, 1.807) is 0 Å². The fourth-order valence-corrected chi connectivity index (χ4v) is 5.56. The lowest BCUT2D eigenvalue weighted by Crippen LogP contribution is -2.13. The summed E-state index contributed by atoms with van der Waals surface area (Å²) < 4.78 is 0. The third kappa shape index (κ3) is 18.4. The van der Waals surface area contributed by atoms with Crippen molar-refractivity contribution >= 4 is 0 Å². The van der Waals surface area contributed by atoms with E-state index in [1.165, 1.54) is 140 Å². The molecule has 0 spiro atoms. The lowest BCUT2D eigenvalue weighted by molar-refractivity contribution is 0.288. The smallest absolute Gasteiger partial charge is 0.00771 e. The van der Waals surface area contributed by atoms with Gasteiger partial charge in [-0.05, 0) is 99.3 Å². The zero-order valence-corrected chi connectivity index (χ0v) is 25.0. The molecule has 0 amide bonds. The maximum absolute atomic E-state index is 5.67. The molecule has 0 aliphatic heterocycles. The van der Waals surface area contributed by atoms with Crippen molar-refractivity contribution in [3.8, 4) is 0 Å². The Balaban J connectivity index is 1.99. The molecule has 0 bridgehead atoms. The molecular formula is C34H64N2. The minimum atomic E-state index is 0.480. The van der Waals surface area contributed by atoms with E-state index in [1.807, 2.05) is 0 Å². The number of nitrogens with two attached hydrogens (primary N) is 2. The quantitative estimate of drug-likeness (QED) is 0.139. The van der Waals surface area contributed by atoms with Crippen LogP contribution >= 0.6 is 0 Å². The van der Waals surface area contributed by atoms with Gasteiger partial charge < -0.3 is 11.5 Å². The van der Waals surface area contributed by atoms with Crippen LogP contribution in [0.15, 0.2) is 24.3 Å². The summed E-state index contributed by atoms with van der Waals surface area (Å²) in [7, 11) is 0. The van der Waals surface area contributed by atoms with Gasteiger partial charge in [0.1, 0.15) is 0 Å². The Morgan fingerprint density at radius 1 is 0.417 bits per heavy atom. The van der Waals surface area contributed by atoms with E-state index in [4.69, 9.17) is 11.5 Å². The van der Waals surface area contributed by atoms with Crippen LogP contribution in [0.25, 0.3) is 0 Å². The first-order chi connectivity index (χ1) is 17.3. The Morgan fingerprint density at radius 3 is 1.03 bits per heavy atom. The fraction of sp³-hybridized carbons (Fsp3) is 0.824. The van der Waals surface area contributed by atoms with Gasteiger partial charge in [-0.1, -0.05) is 116 Å². The normalized spacial score (nSPS) is 12.4. The number of hydrogen-bond donors (Lipinski definition) is 2. The molecule has 0 radical (unpaired) electrons. The van der Waals surface area contributed by atoms with Gasteiger partial charge in [-0.15, -0.1) is 0 Å². The van der Waals surface area contributed by atoms with Crippen molar-refractivity contribution in [3.63, 3.8) is 0 Å². The van der Waals surface area contributed by atoms with Crippen molar-refractivity contribution < 1.29 is 0 Å². The average Bonchev–Trinajstić information content (AvgIpc) is 2.85. The number of benzene rings is 1. The fourth-order valence-electron chi connectivity index (χ4n) is 5.56. The van der Waals surface area contributed by atoms with E-state index in [9.17, 15) is 0 Å². The van der Waals surface area contributed by atoms with Crippen LogP contribution in [0.1, 0.15) is 154 Å². The molecule has 0 unspecified atom stereocenters. The highest BCUT2D eigenvalue weighted by Crippen LogP contribution is 2.30. The Bertz CT molecular complexity index is 562. The summed E-state index contributed by atoms with van der Waals surface area (Å²) in [6.45, 7) is 11.3. The number of rotatable bonds is 24. The molecule has 0 saturated heterocycles. The predicted octanol–water partition coefficient (Wildman–Crippen LogP) is 9.76. The highest BCUT2D eigenvalue weighted by molar-refractivity contribution is 5.22. The molecular weight excluding hydrogens is 436 g/mol. The first-order valence-electron chi connectivity index (χ1n) is 15.8. The van der Waals surface area contributed by atoms with Crippen LogP contribution in [-0.4, -0.2) is 13.1 Å². The molecule has 36 heavy (non-hydrogen) atoms. The lowest BCUT2D eigenvalue weighted by atomic mass is 9.82. The van der Waals surface area contributed by atoms with Crippen molar-refractivity contribution in [2.45, 2.75) is 156 Å². The minimum Gasteiger partial charge on any atom is -0.330 e. The molecule has 0 heterocycles. The maximum atomic E-state index is 5.67. The van der Waals surface area contributed by atoms with Gasteiger partial charge in [0, 0.05) is 0 Å². The molecule has 0 fully saturated rings. The molecule has 1 rings (SSSR count). The standard InChI is InChI=1S/C34H64N2/c1-33(2,27-17-29-35)25-15-11-7-5-9-13-19-31-21-23-32(24-22-31)20-14-10-6-8-12-16-26-34(3,4)28-18-30-36/h21-24H,5-20,25-30,35-36H2,1-4H3. The molecule has 1 aromatic rings. The van der Waals surface area contributed by atoms with Crippen molar-refractivity contribution in [3.05, 3.63) is 35.4 Å². The van der Waals surface area contributed by atoms with Crippen LogP contribution in [0, 0.1) is 10.8 Å². The first-order valence-corrected chi connectivity index (χ1v) is 15.8. The SMILES string of the molecule is CC(C)(CCCN)CCCCCCCCc1ccc(CCCCCCCCC(C)(C)CCCN)cc1. The van der Waals surface area contributed by atoms with Gasteiger partial charge in [-0.25, -0.2) is 0 Å². The molecule has 210 valence electrons. The molecule has 2 nitrogen and oxygen atoms in total. The van der Waals surface area contributed by atoms with Gasteiger partial charge in [0.15, 0.2) is 0 Å². The average molecular weight is 501 g/mol. The monoisotopic (exact) mass is 501 g/mol. The summed E-state index contributed by atoms with van der Waals surface area (Å²) in [6, 6.07) is 9.52. The Hall–Kier alpha value is -0.860. The number of aryl methyl sites for hydroxylation is 2. The summed E-state index contributed by atoms with van der Waals surface area (Å²) in [5.41, 5.74) is 15.3. The second-order valence-corrected chi connectivity index (χ2v) is 13.2. The summed E-state index contributed by atoms with van der Waals surface area (Å²) in [4.78, 5) is 0. The van der Waals surface area contributed by atoms with Gasteiger partial charge in [-0.2, -0.15) is 0 Å². The van der Waals surface area contributed by atoms with Crippen LogP contribution in [0.3, 0.4) is 0 Å². The largest absolute Gasteiger partial charge is 0.330 e. The first kappa shape index (κ1) is 33.2. The van der Waals surface area contributed by atoms with Gasteiger partial charge in [-0.3, -0.25) is 0 Å². The zero-order chi connectivity index (χ0) is 26.5. The van der Waals surface area contributed by atoms with Crippen molar-refractivity contribution in [1.29, 1.82) is 0 Å². The van der Waals surface area contributed by atoms with Crippen molar-refractivity contribution in [2.75, 3.05) is 13.1 Å². The van der Waals surface area contributed by atoms with E-state index in [2.05, 4.69) is 52.0 Å². The van der Waals surface area contributed by atoms with E-state index in [0.29, 0.717) is 10.8 Å². The molecule has 0 aliphatic carbocycles. The van der Waals surface area contributed by atoms with E-state index in [0.717, 1.165) is 13.1 Å². The molecule has 0 atom stereocenters. The van der Waals surface area contributed by atoms with Crippen LogP contribution < -0.4 is 11.5 Å². The number of hydrogen-bond acceptors (Lipinski definition) is 2. The Morgan fingerprint density at radius 2 is 0.694 bits per heavy atom. The van der Waals surface area contributed by atoms with Crippen molar-refractivity contribution in [1.82, 2.24) is 0 Å². The van der Waals surface area contributed by atoms with E-state index in [-0.39, 0.29) is 0 Å². The van der Waals surface area contributed by atoms with Gasteiger partial charge in [0.25, 0.3) is 0 Å². The van der Waals surface area contributed by atoms with Gasteiger partial charge in [0.2, 0.25) is 0 Å². The summed E-state index contributed by atoms with van der Waals surface area (Å²) >= 11 is 0. The summed E-state index contributed by atoms with van der Waals surface area (Å²) in [6.07, 6.45) is 26.7. The third-order valence-electron chi connectivity index (χ3n) is 8.28. The summed E-state index contributed by atoms with van der Waals surface area (Å²) in [5.74, 6) is 0. The Kier molecular flexibility index (Phi) is 18.6. The van der Waals surface area contributed by atoms with Gasteiger partial charge in [0.05, 0.1) is 0 Å². The van der Waals surface area contributed by atoms with Crippen LogP contribution in [-0.2, 0) is 12.8 Å². The topological polar surface area (TPSA) is 52.0 Å². The highest BCUT2D eigenvalue weighted by atomic mass is 14.5. The second kappa shape index (κ2) is 20.1. The number of unbranched alkanes of at least 4 members (excludes halogenated alkanes) is 10. The Labute approximate surface area is 226 Å². The third-order valence-corrected chi connectivity index (χ3v) is 8.28. The highest BCUT2D eigenvalue weighted by Gasteiger charge is 2.16.